The smallest absolute Gasteiger partial charge is 0.0681 e. The minimum Gasteiger partial charge on any atom is -0.392 e. The third kappa shape index (κ3) is 2.28. The van der Waals surface area contributed by atoms with Crippen LogP contribution in [0.1, 0.15) is 40.3 Å². The Morgan fingerprint density at radius 1 is 0.750 bits per heavy atom. The van der Waals surface area contributed by atoms with Crippen LogP contribution >= 0.6 is 0 Å². The maximum Gasteiger partial charge on any atom is 0.0681 e. The van der Waals surface area contributed by atoms with Crippen LogP contribution in [0.2, 0.25) is 0 Å². The second-order valence-corrected chi connectivity index (χ2v) is 6.79. The average molecular weight is 314 g/mol. The Morgan fingerprint density at radius 2 is 1.25 bits per heavy atom. The molecular formula is C23H22O. The van der Waals surface area contributed by atoms with Gasteiger partial charge in [-0.25, -0.2) is 0 Å². The number of hydrogen-bond acceptors (Lipinski definition) is 1. The molecule has 1 aliphatic rings. The summed E-state index contributed by atoms with van der Waals surface area (Å²) in [5.74, 6) is 0. The van der Waals surface area contributed by atoms with Gasteiger partial charge in [0, 0.05) is 5.41 Å². The summed E-state index contributed by atoms with van der Waals surface area (Å²) in [6, 6.07) is 26.1. The molecule has 0 saturated heterocycles. The number of aliphatic hydroxyl groups is 1. The van der Waals surface area contributed by atoms with Crippen molar-refractivity contribution < 1.29 is 5.11 Å². The number of aliphatic hydroxyl groups excluding tert-OH is 1. The molecule has 1 aliphatic carbocycles. The molecule has 0 unspecified atom stereocenters. The lowest BCUT2D eigenvalue weighted by molar-refractivity contribution is 0.282. The Labute approximate surface area is 143 Å². The lowest BCUT2D eigenvalue weighted by Gasteiger charge is -2.33. The Bertz CT molecular complexity index is 814. The minimum absolute atomic E-state index is 0.0875. The van der Waals surface area contributed by atoms with Crippen LogP contribution in [0.15, 0.2) is 72.8 Å². The zero-order valence-electron chi connectivity index (χ0n) is 14.0. The summed E-state index contributed by atoms with van der Waals surface area (Å²) in [6.07, 6.45) is 2.16. The van der Waals surface area contributed by atoms with Gasteiger partial charge in [0.25, 0.3) is 0 Å². The van der Waals surface area contributed by atoms with Gasteiger partial charge in [0.05, 0.1) is 6.61 Å². The molecule has 0 fully saturated rings. The average Bonchev–Trinajstić information content (AvgIpc) is 2.78. The molecule has 3 aromatic rings. The molecule has 0 aromatic heterocycles. The summed E-state index contributed by atoms with van der Waals surface area (Å²) in [4.78, 5) is 0. The quantitative estimate of drug-likeness (QED) is 0.731. The molecule has 1 nitrogen and oxygen atoms in total. The van der Waals surface area contributed by atoms with Gasteiger partial charge in [-0.15, -0.1) is 0 Å². The highest BCUT2D eigenvalue weighted by Gasteiger charge is 2.36. The van der Waals surface area contributed by atoms with E-state index in [1.54, 1.807) is 0 Å². The maximum atomic E-state index is 9.36. The summed E-state index contributed by atoms with van der Waals surface area (Å²) in [7, 11) is 0. The maximum absolute atomic E-state index is 9.36. The van der Waals surface area contributed by atoms with Crippen molar-refractivity contribution in [3.05, 3.63) is 106 Å². The van der Waals surface area contributed by atoms with E-state index in [0.717, 1.165) is 18.4 Å². The zero-order valence-corrected chi connectivity index (χ0v) is 14.0. The van der Waals surface area contributed by atoms with Crippen molar-refractivity contribution in [1.82, 2.24) is 0 Å². The van der Waals surface area contributed by atoms with Gasteiger partial charge in [0.2, 0.25) is 0 Å². The fourth-order valence-electron chi connectivity index (χ4n) is 4.12. The highest BCUT2D eigenvalue weighted by molar-refractivity contribution is 5.56. The predicted molar refractivity (Wildman–Crippen MR) is 98.2 cm³/mol. The summed E-state index contributed by atoms with van der Waals surface area (Å²) in [5, 5.41) is 9.36. The van der Waals surface area contributed by atoms with Gasteiger partial charge in [-0.1, -0.05) is 72.8 Å². The normalized spacial score (nSPS) is 15.2. The summed E-state index contributed by atoms with van der Waals surface area (Å²) in [6.45, 7) is 2.42. The zero-order chi connectivity index (χ0) is 16.6. The van der Waals surface area contributed by atoms with E-state index in [2.05, 4.69) is 67.6 Å². The number of rotatable bonds is 2. The molecule has 4 rings (SSSR count). The molecule has 0 bridgehead atoms. The first-order chi connectivity index (χ1) is 11.7. The fourth-order valence-corrected chi connectivity index (χ4v) is 4.12. The van der Waals surface area contributed by atoms with Crippen LogP contribution in [0.4, 0.5) is 0 Å². The van der Waals surface area contributed by atoms with Crippen molar-refractivity contribution in [3.8, 4) is 0 Å². The van der Waals surface area contributed by atoms with Crippen LogP contribution in [0.25, 0.3) is 0 Å². The molecule has 0 aliphatic heterocycles. The van der Waals surface area contributed by atoms with Gasteiger partial charge in [-0.05, 0) is 53.1 Å². The summed E-state index contributed by atoms with van der Waals surface area (Å²) < 4.78 is 0. The van der Waals surface area contributed by atoms with E-state index in [4.69, 9.17) is 0 Å². The van der Waals surface area contributed by atoms with Gasteiger partial charge >= 0.3 is 0 Å². The first kappa shape index (κ1) is 15.2. The second kappa shape index (κ2) is 5.92. The van der Waals surface area contributed by atoms with Gasteiger partial charge in [0.1, 0.15) is 0 Å². The van der Waals surface area contributed by atoms with Crippen LogP contribution in [0.3, 0.4) is 0 Å². The largest absolute Gasteiger partial charge is 0.392 e. The molecule has 0 spiro atoms. The molecule has 0 atom stereocenters. The monoisotopic (exact) mass is 314 g/mol. The molecule has 120 valence electrons. The van der Waals surface area contributed by atoms with E-state index in [9.17, 15) is 5.11 Å². The van der Waals surface area contributed by atoms with Crippen molar-refractivity contribution in [2.75, 3.05) is 0 Å². The Balaban J connectivity index is 2.00. The number of fused-ring (bicyclic) bond motifs is 2. The molecule has 3 aromatic carbocycles. The Hall–Kier alpha value is -2.38. The SMILES string of the molecule is CC1(c2ccc(CO)cc2)c2ccccc2CCc2ccccc21. The predicted octanol–water partition coefficient (Wildman–Crippen LogP) is 4.63. The van der Waals surface area contributed by atoms with E-state index in [-0.39, 0.29) is 12.0 Å². The Kier molecular flexibility index (Phi) is 3.74. The molecule has 0 radical (unpaired) electrons. The molecule has 0 saturated carbocycles. The lowest BCUT2D eigenvalue weighted by Crippen LogP contribution is -2.26. The van der Waals surface area contributed by atoms with Crippen molar-refractivity contribution in [1.29, 1.82) is 0 Å². The first-order valence-electron chi connectivity index (χ1n) is 8.60. The fraction of sp³-hybridized carbons (Fsp3) is 0.217. The number of aryl methyl sites for hydroxylation is 2. The number of hydrogen-bond donors (Lipinski definition) is 1. The van der Waals surface area contributed by atoms with Crippen LogP contribution < -0.4 is 0 Å². The number of benzene rings is 3. The van der Waals surface area contributed by atoms with E-state index in [1.807, 2.05) is 12.1 Å². The van der Waals surface area contributed by atoms with Crippen LogP contribution in [-0.2, 0) is 24.9 Å². The topological polar surface area (TPSA) is 20.2 Å². The van der Waals surface area contributed by atoms with E-state index < -0.39 is 0 Å². The molecule has 0 amide bonds. The third-order valence-electron chi connectivity index (χ3n) is 5.49. The third-order valence-corrected chi connectivity index (χ3v) is 5.49. The summed E-state index contributed by atoms with van der Waals surface area (Å²) in [5.41, 5.74) is 7.72. The highest BCUT2D eigenvalue weighted by Crippen LogP contribution is 2.44. The first-order valence-corrected chi connectivity index (χ1v) is 8.60. The van der Waals surface area contributed by atoms with Crippen molar-refractivity contribution in [3.63, 3.8) is 0 Å². The molecule has 1 N–H and O–H groups in total. The van der Waals surface area contributed by atoms with Crippen LogP contribution in [-0.4, -0.2) is 5.11 Å². The Morgan fingerprint density at radius 3 is 1.75 bits per heavy atom. The van der Waals surface area contributed by atoms with Crippen molar-refractivity contribution >= 4 is 0 Å². The van der Waals surface area contributed by atoms with Gasteiger partial charge in [-0.3, -0.25) is 0 Å². The molecule has 0 heterocycles. The van der Waals surface area contributed by atoms with Crippen LogP contribution in [0.5, 0.6) is 0 Å². The van der Waals surface area contributed by atoms with Gasteiger partial charge in [0.15, 0.2) is 0 Å². The van der Waals surface area contributed by atoms with Gasteiger partial charge in [-0.2, -0.15) is 0 Å². The van der Waals surface area contributed by atoms with Gasteiger partial charge < -0.3 is 5.11 Å². The summed E-state index contributed by atoms with van der Waals surface area (Å²) >= 11 is 0. The van der Waals surface area contributed by atoms with E-state index in [1.165, 1.54) is 27.8 Å². The van der Waals surface area contributed by atoms with Crippen molar-refractivity contribution in [2.45, 2.75) is 31.8 Å². The van der Waals surface area contributed by atoms with E-state index >= 15 is 0 Å². The highest BCUT2D eigenvalue weighted by atomic mass is 16.3. The molecule has 24 heavy (non-hydrogen) atoms. The molecular weight excluding hydrogens is 292 g/mol. The minimum atomic E-state index is -0.169. The second-order valence-electron chi connectivity index (χ2n) is 6.79. The standard InChI is InChI=1S/C23H22O/c1-23(20-14-10-17(16-24)11-15-20)21-8-4-2-6-18(21)12-13-19-7-3-5-9-22(19)23/h2-11,14-15,24H,12-13,16H2,1H3. The van der Waals surface area contributed by atoms with Crippen molar-refractivity contribution in [2.24, 2.45) is 0 Å². The van der Waals surface area contributed by atoms with Crippen LogP contribution in [0, 0.1) is 0 Å². The molecule has 1 heteroatoms. The lowest BCUT2D eigenvalue weighted by atomic mass is 9.69. The van der Waals surface area contributed by atoms with E-state index in [0.29, 0.717) is 0 Å².